The lowest BCUT2D eigenvalue weighted by atomic mass is 10.2. The number of carbonyl (C=O) groups excluding carboxylic acids is 1. The standard InChI is InChI=1S/C10H7FN4O2/c11-8-5-6(16)1-2-7(8)9(17)14-10-12-3-4-13-15-10/h1-5,16H,(H,12,14,15,17). The molecule has 0 bridgehead atoms. The van der Waals surface area contributed by atoms with Crippen molar-refractivity contribution >= 4 is 11.9 Å². The van der Waals surface area contributed by atoms with Crippen LogP contribution in [0.1, 0.15) is 10.4 Å². The second-order valence-corrected chi connectivity index (χ2v) is 3.08. The number of aromatic hydroxyl groups is 1. The average molecular weight is 234 g/mol. The zero-order valence-electron chi connectivity index (χ0n) is 8.46. The van der Waals surface area contributed by atoms with E-state index in [0.717, 1.165) is 12.1 Å². The van der Waals surface area contributed by atoms with Crippen LogP contribution in [-0.2, 0) is 0 Å². The molecule has 0 radical (unpaired) electrons. The SMILES string of the molecule is O=C(Nc1nccnn1)c1ccc(O)cc1F. The predicted molar refractivity (Wildman–Crippen MR) is 55.8 cm³/mol. The summed E-state index contributed by atoms with van der Waals surface area (Å²) in [5.41, 5.74) is -0.213. The summed E-state index contributed by atoms with van der Waals surface area (Å²) in [5, 5.41) is 18.3. The Morgan fingerprint density at radius 1 is 1.35 bits per heavy atom. The molecule has 0 aliphatic heterocycles. The topological polar surface area (TPSA) is 88.0 Å². The van der Waals surface area contributed by atoms with E-state index in [1.807, 2.05) is 0 Å². The number of nitrogens with one attached hydrogen (secondary N) is 1. The van der Waals surface area contributed by atoms with E-state index in [0.29, 0.717) is 0 Å². The van der Waals surface area contributed by atoms with E-state index in [-0.39, 0.29) is 17.3 Å². The molecule has 1 aromatic heterocycles. The maximum absolute atomic E-state index is 13.3. The minimum absolute atomic E-state index is 0.0232. The lowest BCUT2D eigenvalue weighted by Crippen LogP contribution is -2.15. The van der Waals surface area contributed by atoms with Gasteiger partial charge in [0.15, 0.2) is 0 Å². The summed E-state index contributed by atoms with van der Waals surface area (Å²) in [6.45, 7) is 0. The van der Waals surface area contributed by atoms with E-state index < -0.39 is 11.7 Å². The minimum atomic E-state index is -0.827. The number of halogens is 1. The van der Waals surface area contributed by atoms with E-state index >= 15 is 0 Å². The number of rotatable bonds is 2. The fourth-order valence-electron chi connectivity index (χ4n) is 1.16. The van der Waals surface area contributed by atoms with Gasteiger partial charge in [-0.15, -0.1) is 5.10 Å². The van der Waals surface area contributed by atoms with Gasteiger partial charge >= 0.3 is 0 Å². The molecule has 17 heavy (non-hydrogen) atoms. The second-order valence-electron chi connectivity index (χ2n) is 3.08. The van der Waals surface area contributed by atoms with Crippen molar-refractivity contribution in [3.8, 4) is 5.75 Å². The second kappa shape index (κ2) is 4.52. The molecule has 6 nitrogen and oxygen atoms in total. The van der Waals surface area contributed by atoms with Gasteiger partial charge in [0.2, 0.25) is 5.95 Å². The molecule has 1 heterocycles. The van der Waals surface area contributed by atoms with E-state index in [1.165, 1.54) is 18.5 Å². The van der Waals surface area contributed by atoms with Crippen molar-refractivity contribution in [2.24, 2.45) is 0 Å². The van der Waals surface area contributed by atoms with E-state index in [1.54, 1.807) is 0 Å². The first kappa shape index (κ1) is 10.9. The van der Waals surface area contributed by atoms with Crippen molar-refractivity contribution in [2.75, 3.05) is 5.32 Å². The first-order valence-electron chi connectivity index (χ1n) is 4.60. The van der Waals surface area contributed by atoms with Crippen LogP contribution in [0.2, 0.25) is 0 Å². The molecule has 86 valence electrons. The summed E-state index contributed by atoms with van der Waals surface area (Å²) < 4.78 is 13.3. The molecule has 2 aromatic rings. The Morgan fingerprint density at radius 2 is 2.18 bits per heavy atom. The maximum atomic E-state index is 13.3. The molecule has 0 aliphatic carbocycles. The van der Waals surface area contributed by atoms with Crippen LogP contribution in [0, 0.1) is 5.82 Å². The minimum Gasteiger partial charge on any atom is -0.508 e. The molecule has 2 rings (SSSR count). The summed E-state index contributed by atoms with van der Waals surface area (Å²) in [6.07, 6.45) is 2.69. The number of aromatic nitrogens is 3. The number of hydrogen-bond acceptors (Lipinski definition) is 5. The van der Waals surface area contributed by atoms with Gasteiger partial charge in [0.25, 0.3) is 5.91 Å². The third-order valence-corrected chi connectivity index (χ3v) is 1.91. The molecule has 1 amide bonds. The molecule has 0 fully saturated rings. The summed E-state index contributed by atoms with van der Waals surface area (Å²) in [7, 11) is 0. The number of nitrogens with zero attached hydrogens (tertiary/aromatic N) is 3. The van der Waals surface area contributed by atoms with E-state index in [2.05, 4.69) is 20.5 Å². The largest absolute Gasteiger partial charge is 0.508 e. The highest BCUT2D eigenvalue weighted by Crippen LogP contribution is 2.15. The van der Waals surface area contributed by atoms with Gasteiger partial charge in [0.1, 0.15) is 11.6 Å². The van der Waals surface area contributed by atoms with Crippen LogP contribution >= 0.6 is 0 Å². The number of phenolic OH excluding ortho intramolecular Hbond substituents is 1. The van der Waals surface area contributed by atoms with Crippen LogP contribution in [0.25, 0.3) is 0 Å². The molecule has 0 unspecified atom stereocenters. The molecule has 2 N–H and O–H groups in total. The summed E-state index contributed by atoms with van der Waals surface area (Å²) in [5.74, 6) is -1.82. The van der Waals surface area contributed by atoms with Gasteiger partial charge in [-0.3, -0.25) is 10.1 Å². The Balaban J connectivity index is 2.21. The maximum Gasteiger partial charge on any atom is 0.261 e. The number of carbonyl (C=O) groups is 1. The molecule has 1 aromatic carbocycles. The molecular weight excluding hydrogens is 227 g/mol. The smallest absolute Gasteiger partial charge is 0.261 e. The zero-order chi connectivity index (χ0) is 12.3. The Labute approximate surface area is 95.2 Å². The number of phenols is 1. The van der Waals surface area contributed by atoms with E-state index in [9.17, 15) is 9.18 Å². The van der Waals surface area contributed by atoms with Crippen LogP contribution in [0.4, 0.5) is 10.3 Å². The number of amides is 1. The molecule has 0 saturated heterocycles. The number of hydrogen-bond donors (Lipinski definition) is 2. The highest BCUT2D eigenvalue weighted by Gasteiger charge is 2.13. The van der Waals surface area contributed by atoms with Gasteiger partial charge < -0.3 is 5.11 Å². The third kappa shape index (κ3) is 2.51. The van der Waals surface area contributed by atoms with Crippen LogP contribution in [0.15, 0.2) is 30.6 Å². The third-order valence-electron chi connectivity index (χ3n) is 1.91. The fraction of sp³-hybridized carbons (Fsp3) is 0. The van der Waals surface area contributed by atoms with Crippen molar-refractivity contribution in [3.63, 3.8) is 0 Å². The van der Waals surface area contributed by atoms with Gasteiger partial charge in [-0.25, -0.2) is 9.37 Å². The molecule has 0 saturated carbocycles. The van der Waals surface area contributed by atoms with Gasteiger partial charge in [0.05, 0.1) is 18.0 Å². The summed E-state index contributed by atoms with van der Waals surface area (Å²) in [6, 6.07) is 3.22. The normalized spacial score (nSPS) is 9.94. The highest BCUT2D eigenvalue weighted by molar-refractivity contribution is 6.03. The van der Waals surface area contributed by atoms with Crippen LogP contribution < -0.4 is 5.32 Å². The summed E-state index contributed by atoms with van der Waals surface area (Å²) >= 11 is 0. The lowest BCUT2D eigenvalue weighted by Gasteiger charge is -2.03. The lowest BCUT2D eigenvalue weighted by molar-refractivity contribution is 0.102. The Bertz CT molecular complexity index is 547. The monoisotopic (exact) mass is 234 g/mol. The van der Waals surface area contributed by atoms with Crippen molar-refractivity contribution < 1.29 is 14.3 Å². The van der Waals surface area contributed by atoms with Crippen LogP contribution in [-0.4, -0.2) is 26.2 Å². The molecule has 0 aliphatic rings. The quantitative estimate of drug-likeness (QED) is 0.808. The van der Waals surface area contributed by atoms with Gasteiger partial charge in [-0.2, -0.15) is 5.10 Å². The Kier molecular flexibility index (Phi) is 2.91. The zero-order valence-corrected chi connectivity index (χ0v) is 8.46. The van der Waals surface area contributed by atoms with Gasteiger partial charge in [0, 0.05) is 6.07 Å². The van der Waals surface area contributed by atoms with E-state index in [4.69, 9.17) is 5.11 Å². The van der Waals surface area contributed by atoms with Gasteiger partial charge in [-0.1, -0.05) is 0 Å². The molecule has 0 atom stereocenters. The molecule has 0 spiro atoms. The Morgan fingerprint density at radius 3 is 2.82 bits per heavy atom. The first-order valence-corrected chi connectivity index (χ1v) is 4.60. The summed E-state index contributed by atoms with van der Waals surface area (Å²) in [4.78, 5) is 15.3. The van der Waals surface area contributed by atoms with Crippen molar-refractivity contribution in [1.82, 2.24) is 15.2 Å². The molecular formula is C10H7FN4O2. The van der Waals surface area contributed by atoms with Crippen molar-refractivity contribution in [2.45, 2.75) is 0 Å². The number of anilines is 1. The van der Waals surface area contributed by atoms with Crippen LogP contribution in [0.5, 0.6) is 5.75 Å². The fourth-order valence-corrected chi connectivity index (χ4v) is 1.16. The van der Waals surface area contributed by atoms with Crippen molar-refractivity contribution in [1.29, 1.82) is 0 Å². The first-order chi connectivity index (χ1) is 8.16. The Hall–Kier alpha value is -2.57. The average Bonchev–Trinajstić information content (AvgIpc) is 2.30. The van der Waals surface area contributed by atoms with Gasteiger partial charge in [-0.05, 0) is 12.1 Å². The van der Waals surface area contributed by atoms with Crippen molar-refractivity contribution in [3.05, 3.63) is 42.0 Å². The predicted octanol–water partition coefficient (Wildman–Crippen LogP) is 0.969. The van der Waals surface area contributed by atoms with Crippen LogP contribution in [0.3, 0.4) is 0 Å². The molecule has 7 heteroatoms. The highest BCUT2D eigenvalue weighted by atomic mass is 19.1. The number of benzene rings is 1.